The van der Waals surface area contributed by atoms with Crippen LogP contribution in [0, 0.1) is 6.92 Å². The number of carbonyl (C=O) groups is 1. The van der Waals surface area contributed by atoms with E-state index in [9.17, 15) is 4.79 Å². The molecule has 6 heteroatoms. The third kappa shape index (κ3) is 4.32. The number of hydrogen-bond acceptors (Lipinski definition) is 4. The lowest BCUT2D eigenvalue weighted by Gasteiger charge is -2.08. The number of rotatable bonds is 6. The van der Waals surface area contributed by atoms with Gasteiger partial charge in [-0.2, -0.15) is 0 Å². The molecule has 1 N–H and O–H groups in total. The molecule has 3 rings (SSSR count). The first kappa shape index (κ1) is 18.2. The van der Waals surface area contributed by atoms with Gasteiger partial charge in [0.15, 0.2) is 11.0 Å². The molecule has 5 nitrogen and oxygen atoms in total. The van der Waals surface area contributed by atoms with Crippen LogP contribution in [-0.4, -0.2) is 20.7 Å². The average molecular weight is 366 g/mol. The van der Waals surface area contributed by atoms with Crippen LogP contribution in [0.5, 0.6) is 0 Å². The van der Waals surface area contributed by atoms with Gasteiger partial charge in [0.25, 0.3) is 0 Å². The molecular weight excluding hydrogens is 344 g/mol. The molecule has 26 heavy (non-hydrogen) atoms. The Morgan fingerprint density at radius 1 is 1.15 bits per heavy atom. The van der Waals surface area contributed by atoms with Crippen LogP contribution in [0.4, 0.5) is 5.69 Å². The Bertz CT molecular complexity index is 902. The minimum absolute atomic E-state index is 0.0793. The number of hydrogen-bond donors (Lipinski definition) is 1. The van der Waals surface area contributed by atoms with Crippen LogP contribution in [0.15, 0.2) is 53.7 Å². The van der Waals surface area contributed by atoms with E-state index in [-0.39, 0.29) is 5.91 Å². The topological polar surface area (TPSA) is 59.8 Å². The summed E-state index contributed by atoms with van der Waals surface area (Å²) in [5.41, 5.74) is 4.30. The van der Waals surface area contributed by atoms with Crippen LogP contribution in [0.3, 0.4) is 0 Å². The summed E-state index contributed by atoms with van der Waals surface area (Å²) >= 11 is 1.69. The summed E-state index contributed by atoms with van der Waals surface area (Å²) in [6.07, 6.45) is 0. The van der Waals surface area contributed by atoms with E-state index in [2.05, 4.69) is 58.2 Å². The van der Waals surface area contributed by atoms with Gasteiger partial charge in [-0.15, -0.1) is 10.2 Å². The summed E-state index contributed by atoms with van der Waals surface area (Å²) in [6.45, 7) is 6.49. The highest BCUT2D eigenvalue weighted by molar-refractivity contribution is 7.98. The second-order valence-corrected chi connectivity index (χ2v) is 7.03. The van der Waals surface area contributed by atoms with Crippen LogP contribution in [-0.2, 0) is 17.1 Å². The predicted octanol–water partition coefficient (Wildman–Crippen LogP) is 4.52. The van der Waals surface area contributed by atoms with Gasteiger partial charge >= 0.3 is 0 Å². The lowest BCUT2D eigenvalue weighted by atomic mass is 10.2. The van der Waals surface area contributed by atoms with Crippen molar-refractivity contribution < 1.29 is 4.79 Å². The molecule has 0 spiro atoms. The highest BCUT2D eigenvalue weighted by atomic mass is 32.2. The first-order valence-electron chi connectivity index (χ1n) is 8.56. The molecule has 3 aromatic rings. The third-order valence-electron chi connectivity index (χ3n) is 3.95. The molecular formula is C20H22N4OS. The van der Waals surface area contributed by atoms with Crippen molar-refractivity contribution >= 4 is 23.4 Å². The molecule has 0 saturated heterocycles. The Morgan fingerprint density at radius 2 is 1.92 bits per heavy atom. The fraction of sp³-hybridized carbons (Fsp3) is 0.250. The molecule has 0 saturated carbocycles. The zero-order valence-electron chi connectivity index (χ0n) is 15.2. The summed E-state index contributed by atoms with van der Waals surface area (Å²) in [6, 6.07) is 16.2. The Hall–Kier alpha value is -2.60. The fourth-order valence-electron chi connectivity index (χ4n) is 2.75. The van der Waals surface area contributed by atoms with Gasteiger partial charge in [0.1, 0.15) is 0 Å². The van der Waals surface area contributed by atoms with Crippen LogP contribution in [0.1, 0.15) is 25.0 Å². The molecule has 2 aromatic carbocycles. The lowest BCUT2D eigenvalue weighted by molar-refractivity contribution is -0.114. The number of carbonyl (C=O) groups excluding carboxylic acids is 1. The summed E-state index contributed by atoms with van der Waals surface area (Å²) in [7, 11) is 0. The van der Waals surface area contributed by atoms with Gasteiger partial charge in [0.05, 0.1) is 0 Å². The minimum atomic E-state index is -0.0793. The van der Waals surface area contributed by atoms with E-state index in [4.69, 9.17) is 0 Å². The number of anilines is 1. The Morgan fingerprint density at radius 3 is 2.58 bits per heavy atom. The molecule has 0 aliphatic rings. The predicted molar refractivity (Wildman–Crippen MR) is 106 cm³/mol. The Kier molecular flexibility index (Phi) is 5.73. The van der Waals surface area contributed by atoms with E-state index in [1.54, 1.807) is 11.8 Å². The van der Waals surface area contributed by atoms with Crippen molar-refractivity contribution in [1.82, 2.24) is 14.8 Å². The Labute approximate surface area is 157 Å². The van der Waals surface area contributed by atoms with Crippen molar-refractivity contribution in [1.29, 1.82) is 0 Å². The van der Waals surface area contributed by atoms with E-state index in [0.29, 0.717) is 0 Å². The van der Waals surface area contributed by atoms with E-state index in [1.807, 2.05) is 24.3 Å². The van der Waals surface area contributed by atoms with Crippen molar-refractivity contribution in [2.45, 2.75) is 38.2 Å². The maximum atomic E-state index is 11.1. The third-order valence-corrected chi connectivity index (χ3v) is 4.98. The van der Waals surface area contributed by atoms with Crippen LogP contribution in [0.25, 0.3) is 11.4 Å². The number of thioether (sulfide) groups is 1. The number of amides is 1. The fourth-order valence-corrected chi connectivity index (χ4v) is 3.70. The van der Waals surface area contributed by atoms with E-state index >= 15 is 0 Å². The monoisotopic (exact) mass is 366 g/mol. The van der Waals surface area contributed by atoms with Gasteiger partial charge < -0.3 is 9.88 Å². The van der Waals surface area contributed by atoms with Gasteiger partial charge in [-0.1, -0.05) is 41.6 Å². The van der Waals surface area contributed by atoms with Gasteiger partial charge in [0, 0.05) is 30.5 Å². The molecule has 0 aliphatic heterocycles. The molecule has 0 atom stereocenters. The summed E-state index contributed by atoms with van der Waals surface area (Å²) < 4.78 is 2.12. The van der Waals surface area contributed by atoms with Gasteiger partial charge in [-0.25, -0.2) is 0 Å². The average Bonchev–Trinajstić information content (AvgIpc) is 3.03. The van der Waals surface area contributed by atoms with Crippen LogP contribution in [0.2, 0.25) is 0 Å². The van der Waals surface area contributed by atoms with Crippen LogP contribution >= 0.6 is 11.8 Å². The summed E-state index contributed by atoms with van der Waals surface area (Å²) in [4.78, 5) is 11.1. The molecule has 1 heterocycles. The summed E-state index contributed by atoms with van der Waals surface area (Å²) in [5.74, 6) is 1.62. The number of nitrogens with one attached hydrogen (secondary N) is 1. The van der Waals surface area contributed by atoms with Crippen molar-refractivity contribution in [2.75, 3.05) is 5.32 Å². The maximum Gasteiger partial charge on any atom is 0.221 e. The molecule has 1 amide bonds. The maximum absolute atomic E-state index is 11.1. The zero-order chi connectivity index (χ0) is 18.5. The second-order valence-electron chi connectivity index (χ2n) is 6.09. The molecule has 0 bridgehead atoms. The molecule has 0 radical (unpaired) electrons. The van der Waals surface area contributed by atoms with Crippen LogP contribution < -0.4 is 5.32 Å². The lowest BCUT2D eigenvalue weighted by Crippen LogP contribution is -2.05. The molecule has 0 aliphatic carbocycles. The quantitative estimate of drug-likeness (QED) is 0.652. The number of aryl methyl sites for hydroxylation is 1. The largest absolute Gasteiger partial charge is 0.326 e. The minimum Gasteiger partial charge on any atom is -0.326 e. The van der Waals surface area contributed by atoms with Crippen molar-refractivity contribution in [3.05, 3.63) is 59.7 Å². The molecule has 0 unspecified atom stereocenters. The van der Waals surface area contributed by atoms with Crippen molar-refractivity contribution in [3.8, 4) is 11.4 Å². The Balaban J connectivity index is 1.78. The van der Waals surface area contributed by atoms with Gasteiger partial charge in [-0.05, 0) is 43.7 Å². The highest BCUT2D eigenvalue weighted by Gasteiger charge is 2.13. The summed E-state index contributed by atoms with van der Waals surface area (Å²) in [5, 5.41) is 12.4. The van der Waals surface area contributed by atoms with Crippen molar-refractivity contribution in [2.24, 2.45) is 0 Å². The van der Waals surface area contributed by atoms with Crippen molar-refractivity contribution in [3.63, 3.8) is 0 Å². The molecule has 1 aromatic heterocycles. The number of benzene rings is 2. The number of nitrogens with zero attached hydrogens (tertiary/aromatic N) is 3. The van der Waals surface area contributed by atoms with Gasteiger partial charge in [-0.3, -0.25) is 4.79 Å². The van der Waals surface area contributed by atoms with E-state index < -0.39 is 0 Å². The first-order chi connectivity index (χ1) is 12.6. The second kappa shape index (κ2) is 8.19. The first-order valence-corrected chi connectivity index (χ1v) is 9.55. The van der Waals surface area contributed by atoms with E-state index in [1.165, 1.54) is 18.1 Å². The normalized spacial score (nSPS) is 10.7. The molecule has 134 valence electrons. The van der Waals surface area contributed by atoms with Gasteiger partial charge in [0.2, 0.25) is 5.91 Å². The highest BCUT2D eigenvalue weighted by Crippen LogP contribution is 2.27. The molecule has 0 fully saturated rings. The number of aromatic nitrogens is 3. The standard InChI is InChI=1S/C20H22N4OS/c1-4-24-19(17-8-10-18(11-9-17)21-15(3)25)22-23-20(24)26-13-16-7-5-6-14(2)12-16/h5-12H,4,13H2,1-3H3,(H,21,25). The smallest absolute Gasteiger partial charge is 0.221 e. The van der Waals surface area contributed by atoms with E-state index in [0.717, 1.165) is 34.5 Å². The SMILES string of the molecule is CCn1c(SCc2cccc(C)c2)nnc1-c1ccc(NC(C)=O)cc1. The zero-order valence-corrected chi connectivity index (χ0v) is 16.0.